The van der Waals surface area contributed by atoms with Crippen molar-refractivity contribution in [2.45, 2.75) is 39.5 Å². The number of aryl methyl sites for hydroxylation is 1. The molecule has 37 heavy (non-hydrogen) atoms. The molecule has 192 valence electrons. The molecule has 2 saturated heterocycles. The number of rotatable bonds is 5. The third-order valence-electron chi connectivity index (χ3n) is 7.64. The monoisotopic (exact) mass is 505 g/mol. The lowest BCUT2D eigenvalue weighted by Crippen LogP contribution is -2.31. The Morgan fingerprint density at radius 1 is 1.03 bits per heavy atom. The molecule has 0 radical (unpaired) electrons. The molecular weight excluding hydrogens is 478 g/mol. The lowest BCUT2D eigenvalue weighted by atomic mass is 9.76. The second-order valence-corrected chi connectivity index (χ2v) is 10.2. The van der Waals surface area contributed by atoms with Gasteiger partial charge in [-0.15, -0.1) is 0 Å². The second-order valence-electron chi connectivity index (χ2n) is 10.2. The highest BCUT2D eigenvalue weighted by molar-refractivity contribution is 6.22. The van der Waals surface area contributed by atoms with Crippen LogP contribution in [-0.4, -0.2) is 35.2 Å². The van der Waals surface area contributed by atoms with E-state index in [2.05, 4.69) is 6.92 Å². The number of hydrogen-bond donors (Lipinski definition) is 0. The first kappa shape index (κ1) is 24.6. The molecule has 2 aromatic rings. The number of nitro groups is 1. The van der Waals surface area contributed by atoms with Crippen molar-refractivity contribution in [1.29, 1.82) is 0 Å². The maximum Gasteiger partial charge on any atom is 0.316 e. The standard InChI is InChI=1S/C27H27N3O7/c1-15-6-9-21-22(10-15)26(33)29(25(21)32)19-4-3-5-20(12-19)37-27(34)17-11-24(31)28(14-17)18-8-7-16(2)23(13-18)30(35)36/h3-5,7-8,12-13,15,17,21-22H,6,9-11,14H2,1-2H3/t15-,17+,21+,22+/m0/s1. The molecule has 0 aromatic heterocycles. The summed E-state index contributed by atoms with van der Waals surface area (Å²) in [4.78, 5) is 64.9. The summed E-state index contributed by atoms with van der Waals surface area (Å²) in [5.41, 5.74) is 1.08. The fourth-order valence-electron chi connectivity index (χ4n) is 5.61. The number of amides is 3. The van der Waals surface area contributed by atoms with Crippen molar-refractivity contribution in [2.75, 3.05) is 16.3 Å². The fourth-order valence-corrected chi connectivity index (χ4v) is 5.61. The van der Waals surface area contributed by atoms with Crippen LogP contribution in [0.5, 0.6) is 5.75 Å². The fraction of sp³-hybridized carbons (Fsp3) is 0.407. The molecule has 0 unspecified atom stereocenters. The van der Waals surface area contributed by atoms with Crippen LogP contribution in [-0.2, 0) is 19.2 Å². The number of nitrogens with zero attached hydrogens (tertiary/aromatic N) is 3. The molecule has 1 saturated carbocycles. The second kappa shape index (κ2) is 9.42. The van der Waals surface area contributed by atoms with Gasteiger partial charge in [0.1, 0.15) is 5.75 Å². The van der Waals surface area contributed by atoms with Gasteiger partial charge in [0.25, 0.3) is 5.69 Å². The van der Waals surface area contributed by atoms with Gasteiger partial charge in [-0.05, 0) is 50.3 Å². The number of carbonyl (C=O) groups excluding carboxylic acids is 4. The summed E-state index contributed by atoms with van der Waals surface area (Å²) in [6.07, 6.45) is 2.21. The molecule has 3 aliphatic rings. The van der Waals surface area contributed by atoms with Gasteiger partial charge in [-0.2, -0.15) is 0 Å². The van der Waals surface area contributed by atoms with Crippen molar-refractivity contribution < 1.29 is 28.8 Å². The summed E-state index contributed by atoms with van der Waals surface area (Å²) in [6.45, 7) is 3.73. The minimum atomic E-state index is -0.768. The van der Waals surface area contributed by atoms with Crippen molar-refractivity contribution >= 4 is 40.8 Å². The quantitative estimate of drug-likeness (QED) is 0.199. The molecular formula is C27H27N3O7. The summed E-state index contributed by atoms with van der Waals surface area (Å²) >= 11 is 0. The van der Waals surface area contributed by atoms with Gasteiger partial charge >= 0.3 is 5.97 Å². The maximum absolute atomic E-state index is 13.0. The van der Waals surface area contributed by atoms with E-state index in [-0.39, 0.29) is 54.0 Å². The lowest BCUT2D eigenvalue weighted by Gasteiger charge is -2.25. The Labute approximate surface area is 213 Å². The Hall–Kier alpha value is -4.08. The first-order valence-electron chi connectivity index (χ1n) is 12.4. The van der Waals surface area contributed by atoms with E-state index in [1.54, 1.807) is 37.3 Å². The third-order valence-corrected chi connectivity index (χ3v) is 7.64. The van der Waals surface area contributed by atoms with Crippen LogP contribution in [0.1, 0.15) is 38.2 Å². The molecule has 0 N–H and O–H groups in total. The highest BCUT2D eigenvalue weighted by Gasteiger charge is 2.50. The first-order chi connectivity index (χ1) is 17.6. The van der Waals surface area contributed by atoms with Crippen LogP contribution in [0.2, 0.25) is 0 Å². The van der Waals surface area contributed by atoms with Crippen LogP contribution in [0.25, 0.3) is 0 Å². The molecule has 2 aliphatic heterocycles. The van der Waals surface area contributed by atoms with Gasteiger partial charge in [0, 0.05) is 30.7 Å². The number of carbonyl (C=O) groups is 4. The van der Waals surface area contributed by atoms with Gasteiger partial charge in [0.05, 0.1) is 34.1 Å². The lowest BCUT2D eigenvalue weighted by molar-refractivity contribution is -0.385. The van der Waals surface area contributed by atoms with E-state index in [0.29, 0.717) is 35.7 Å². The van der Waals surface area contributed by atoms with Crippen LogP contribution >= 0.6 is 0 Å². The summed E-state index contributed by atoms with van der Waals surface area (Å²) in [6, 6.07) is 10.8. The Bertz CT molecular complexity index is 1320. The van der Waals surface area contributed by atoms with Crippen molar-refractivity contribution in [2.24, 2.45) is 23.7 Å². The number of benzene rings is 2. The third kappa shape index (κ3) is 4.47. The molecule has 10 nitrogen and oxygen atoms in total. The molecule has 2 heterocycles. The van der Waals surface area contributed by atoms with Crippen molar-refractivity contribution in [3.63, 3.8) is 0 Å². The van der Waals surface area contributed by atoms with Crippen LogP contribution in [0, 0.1) is 40.7 Å². The van der Waals surface area contributed by atoms with E-state index in [4.69, 9.17) is 4.74 Å². The van der Waals surface area contributed by atoms with Crippen LogP contribution in [0.15, 0.2) is 42.5 Å². The van der Waals surface area contributed by atoms with E-state index in [0.717, 1.165) is 6.42 Å². The number of fused-ring (bicyclic) bond motifs is 1. The number of hydrogen-bond acceptors (Lipinski definition) is 7. The minimum Gasteiger partial charge on any atom is -0.426 e. The predicted octanol–water partition coefficient (Wildman–Crippen LogP) is 3.79. The number of ether oxygens (including phenoxy) is 1. The Morgan fingerprint density at radius 2 is 1.78 bits per heavy atom. The normalized spacial score (nSPS) is 25.4. The number of esters is 1. The van der Waals surface area contributed by atoms with Gasteiger partial charge in [0.15, 0.2) is 0 Å². The van der Waals surface area contributed by atoms with Gasteiger partial charge in [-0.25, -0.2) is 4.90 Å². The molecule has 10 heteroatoms. The van der Waals surface area contributed by atoms with Crippen molar-refractivity contribution in [1.82, 2.24) is 0 Å². The van der Waals surface area contributed by atoms with E-state index in [1.165, 1.54) is 21.9 Å². The molecule has 4 atom stereocenters. The summed E-state index contributed by atoms with van der Waals surface area (Å²) in [7, 11) is 0. The van der Waals surface area contributed by atoms with Crippen molar-refractivity contribution in [3.05, 3.63) is 58.1 Å². The molecule has 1 aliphatic carbocycles. The smallest absolute Gasteiger partial charge is 0.316 e. The van der Waals surface area contributed by atoms with E-state index in [9.17, 15) is 29.3 Å². The SMILES string of the molecule is Cc1ccc(N2C[C@H](C(=O)Oc3cccc(N4C(=O)[C@@H]5CC[C@H](C)C[C@H]5C4=O)c3)CC2=O)cc1[N+](=O)[O-]. The molecule has 5 rings (SSSR count). The molecule has 3 amide bonds. The highest BCUT2D eigenvalue weighted by Crippen LogP contribution is 2.42. The van der Waals surface area contributed by atoms with Gasteiger partial charge < -0.3 is 9.64 Å². The summed E-state index contributed by atoms with van der Waals surface area (Å²) < 4.78 is 5.54. The van der Waals surface area contributed by atoms with E-state index in [1.807, 2.05) is 0 Å². The summed E-state index contributed by atoms with van der Waals surface area (Å²) in [5.74, 6) is -2.21. The van der Waals surface area contributed by atoms with Gasteiger partial charge in [-0.1, -0.05) is 19.1 Å². The summed E-state index contributed by atoms with van der Waals surface area (Å²) in [5, 5.41) is 11.3. The zero-order valence-corrected chi connectivity index (χ0v) is 20.6. The zero-order valence-electron chi connectivity index (χ0n) is 20.6. The molecule has 3 fully saturated rings. The van der Waals surface area contributed by atoms with Crippen LogP contribution in [0.4, 0.5) is 17.1 Å². The van der Waals surface area contributed by atoms with Crippen LogP contribution < -0.4 is 14.5 Å². The van der Waals surface area contributed by atoms with Crippen LogP contribution in [0.3, 0.4) is 0 Å². The highest BCUT2D eigenvalue weighted by atomic mass is 16.6. The number of anilines is 2. The average molecular weight is 506 g/mol. The zero-order chi connectivity index (χ0) is 26.4. The molecule has 0 spiro atoms. The Balaban J connectivity index is 1.29. The largest absolute Gasteiger partial charge is 0.426 e. The average Bonchev–Trinajstić information content (AvgIpc) is 3.36. The number of nitro benzene ring substituents is 1. The van der Waals surface area contributed by atoms with Gasteiger partial charge in [-0.3, -0.25) is 29.3 Å². The minimum absolute atomic E-state index is 0.0300. The first-order valence-corrected chi connectivity index (χ1v) is 12.4. The molecule has 2 aromatic carbocycles. The van der Waals surface area contributed by atoms with E-state index >= 15 is 0 Å². The number of imide groups is 1. The predicted molar refractivity (Wildman–Crippen MR) is 133 cm³/mol. The Morgan fingerprint density at radius 3 is 2.54 bits per heavy atom. The molecule has 0 bridgehead atoms. The Kier molecular flexibility index (Phi) is 6.26. The van der Waals surface area contributed by atoms with Crippen molar-refractivity contribution in [3.8, 4) is 5.75 Å². The van der Waals surface area contributed by atoms with Gasteiger partial charge in [0.2, 0.25) is 17.7 Å². The van der Waals surface area contributed by atoms with E-state index < -0.39 is 16.8 Å². The topological polar surface area (TPSA) is 127 Å². The maximum atomic E-state index is 13.0.